The summed E-state index contributed by atoms with van der Waals surface area (Å²) in [6.45, 7) is 11.3. The zero-order chi connectivity index (χ0) is 57.8. The molecule has 0 radical (unpaired) electrons. The minimum Gasteiger partial charge on any atom is -0.481 e. The molecule has 432 valence electrons. The van der Waals surface area contributed by atoms with Gasteiger partial charge in [0.2, 0.25) is 65.0 Å². The molecule has 0 unspecified atom stereocenters. The minimum absolute atomic E-state index is 0.102. The first-order chi connectivity index (χ1) is 35.8. The highest BCUT2D eigenvalue weighted by Crippen LogP contribution is 2.19. The number of hydrogen-bond donors (Lipinski definition) is 14. The van der Waals surface area contributed by atoms with Crippen LogP contribution < -0.4 is 65.5 Å². The van der Waals surface area contributed by atoms with E-state index in [2.05, 4.69) is 42.5 Å². The number of carboxylic acids is 1. The topological polar surface area (TPSA) is 449 Å². The van der Waals surface area contributed by atoms with Gasteiger partial charge >= 0.3 is 5.97 Å². The van der Waals surface area contributed by atoms with Crippen LogP contribution in [0.1, 0.15) is 138 Å². The van der Waals surface area contributed by atoms with Crippen LogP contribution in [0.5, 0.6) is 0 Å². The van der Waals surface area contributed by atoms with Gasteiger partial charge < -0.3 is 80.6 Å². The standard InChI is InChI=1S/C49H87N13O14/c1-8-27(5)39(41(53)68)60-44(71)31(16-11-13-23-51)56-48(75)38(26(3)4)59-46(73)34(25-63)58-43(70)32(18-20-36(52)65)54-42(69)33(19-21-37(66)67)57-49(76)40(28(6)9-2)61-45(72)30(15-10-12-22-50)55-47(74)35-17-14-24-62(35)29(7)64/h26-28,30-35,38-40,63H,8-25,50-51H2,1-7H3,(H2,52,65)(H2,53,68)(H,54,69)(H,55,74)(H,56,75)(H,57,76)(H,58,70)(H,59,73)(H,60,71)(H,61,72)(H,66,67)/t27-,28-,30-,31-,32-,33-,34-,35-,38-,39-,40-/m0/s1. The number of aliphatic hydroxyl groups excluding tert-OH is 1. The average Bonchev–Trinajstić information content (AvgIpc) is 3.87. The molecule has 0 aromatic heterocycles. The SMILES string of the molecule is CC[C@H](C)[C@H](NC(=O)[C@H](CCCCN)NC(=O)[C@@H](NC(=O)[C@H](CO)NC(=O)[C@H](CCC(N)=O)NC(=O)[C@H](CCC(=O)O)NC(=O)[C@@H](NC(=O)[C@H](CCCCN)NC(=O)[C@@H]1CCCN1C(C)=O)[C@@H](C)CC)C(C)C)C(N)=O. The lowest BCUT2D eigenvalue weighted by molar-refractivity contribution is -0.139. The number of primary amides is 2. The van der Waals surface area contributed by atoms with Crippen molar-refractivity contribution in [3.63, 3.8) is 0 Å². The molecule has 0 aromatic carbocycles. The van der Waals surface area contributed by atoms with E-state index in [1.165, 1.54) is 11.8 Å². The van der Waals surface area contributed by atoms with Crippen LogP contribution in [-0.4, -0.2) is 167 Å². The number of aliphatic hydroxyl groups is 1. The lowest BCUT2D eigenvalue weighted by atomic mass is 9.96. The fourth-order valence-corrected chi connectivity index (χ4v) is 8.29. The fraction of sp³-hybridized carbons (Fsp3) is 0.755. The van der Waals surface area contributed by atoms with Crippen LogP contribution in [-0.2, 0) is 57.5 Å². The van der Waals surface area contributed by atoms with Gasteiger partial charge in [0.15, 0.2) is 0 Å². The molecule has 76 heavy (non-hydrogen) atoms. The Morgan fingerprint density at radius 1 is 0.539 bits per heavy atom. The van der Waals surface area contributed by atoms with Gasteiger partial charge in [0.05, 0.1) is 6.61 Å². The molecule has 0 aromatic rings. The Morgan fingerprint density at radius 2 is 0.947 bits per heavy atom. The van der Waals surface area contributed by atoms with Gasteiger partial charge in [0.25, 0.3) is 0 Å². The Bertz CT molecular complexity index is 1990. The maximum Gasteiger partial charge on any atom is 0.303 e. The molecule has 1 fully saturated rings. The molecule has 0 aliphatic carbocycles. The van der Waals surface area contributed by atoms with E-state index in [0.717, 1.165) is 0 Å². The first-order valence-corrected chi connectivity index (χ1v) is 26.3. The van der Waals surface area contributed by atoms with Gasteiger partial charge in [-0.15, -0.1) is 0 Å². The van der Waals surface area contributed by atoms with Crippen molar-refractivity contribution in [2.75, 3.05) is 26.2 Å². The van der Waals surface area contributed by atoms with E-state index in [4.69, 9.17) is 22.9 Å². The molecule has 0 spiro atoms. The van der Waals surface area contributed by atoms with Gasteiger partial charge in [0.1, 0.15) is 54.4 Å². The summed E-state index contributed by atoms with van der Waals surface area (Å²) in [5.74, 6) is -12.1. The van der Waals surface area contributed by atoms with Crippen LogP contribution in [0.2, 0.25) is 0 Å². The van der Waals surface area contributed by atoms with Crippen LogP contribution in [0.15, 0.2) is 0 Å². The summed E-state index contributed by atoms with van der Waals surface area (Å²) in [5.41, 5.74) is 22.3. The van der Waals surface area contributed by atoms with Crippen molar-refractivity contribution < 1.29 is 67.7 Å². The first-order valence-electron chi connectivity index (χ1n) is 26.3. The van der Waals surface area contributed by atoms with E-state index < -0.39 is 164 Å². The quantitative estimate of drug-likeness (QED) is 0.0268. The number of unbranched alkanes of at least 4 members (excludes halogenated alkanes) is 2. The molecule has 11 amide bonds. The van der Waals surface area contributed by atoms with Crippen LogP contribution in [0.3, 0.4) is 0 Å². The van der Waals surface area contributed by atoms with Crippen molar-refractivity contribution in [1.82, 2.24) is 47.4 Å². The number of nitrogens with zero attached hydrogens (tertiary/aromatic N) is 1. The van der Waals surface area contributed by atoms with E-state index in [0.29, 0.717) is 71.0 Å². The van der Waals surface area contributed by atoms with E-state index in [9.17, 15) is 67.7 Å². The molecule has 18 N–H and O–H groups in total. The third-order valence-corrected chi connectivity index (χ3v) is 13.4. The fourth-order valence-electron chi connectivity index (χ4n) is 8.29. The number of aliphatic carboxylic acids is 1. The molecule has 11 atom stereocenters. The number of amides is 11. The number of likely N-dealkylation sites (tertiary alicyclic amines) is 1. The third kappa shape index (κ3) is 23.2. The monoisotopic (exact) mass is 1080 g/mol. The third-order valence-electron chi connectivity index (χ3n) is 13.4. The summed E-state index contributed by atoms with van der Waals surface area (Å²) in [6, 6.07) is -12.1. The summed E-state index contributed by atoms with van der Waals surface area (Å²) in [4.78, 5) is 160. The lowest BCUT2D eigenvalue weighted by Crippen LogP contribution is -2.62. The Hall–Kier alpha value is -6.48. The predicted molar refractivity (Wildman–Crippen MR) is 277 cm³/mol. The second-order valence-electron chi connectivity index (χ2n) is 19.7. The van der Waals surface area contributed by atoms with Gasteiger partial charge in [-0.1, -0.05) is 54.4 Å². The van der Waals surface area contributed by atoms with Crippen molar-refractivity contribution in [1.29, 1.82) is 0 Å². The summed E-state index contributed by atoms with van der Waals surface area (Å²) in [6.07, 6.45) is 1.60. The highest BCUT2D eigenvalue weighted by Gasteiger charge is 2.38. The normalized spacial score (nSPS) is 17.1. The lowest BCUT2D eigenvalue weighted by Gasteiger charge is -2.30. The molecular weight excluding hydrogens is 995 g/mol. The van der Waals surface area contributed by atoms with Gasteiger partial charge in [0, 0.05) is 26.3 Å². The number of carboxylic acid groups (broad SMARTS) is 1. The molecular formula is C49H87N13O14. The number of nitrogens with one attached hydrogen (secondary N) is 8. The zero-order valence-electron chi connectivity index (χ0n) is 45.2. The van der Waals surface area contributed by atoms with Crippen LogP contribution in [0.4, 0.5) is 0 Å². The summed E-state index contributed by atoms with van der Waals surface area (Å²) in [7, 11) is 0. The van der Waals surface area contributed by atoms with Crippen molar-refractivity contribution in [2.24, 2.45) is 40.7 Å². The zero-order valence-corrected chi connectivity index (χ0v) is 45.2. The number of carbonyl (C=O) groups is 12. The molecule has 0 saturated carbocycles. The molecule has 27 heteroatoms. The molecule has 0 bridgehead atoms. The molecule has 27 nitrogen and oxygen atoms in total. The second-order valence-corrected chi connectivity index (χ2v) is 19.7. The maximum atomic E-state index is 14.1. The summed E-state index contributed by atoms with van der Waals surface area (Å²) >= 11 is 0. The largest absolute Gasteiger partial charge is 0.481 e. The predicted octanol–water partition coefficient (Wildman–Crippen LogP) is -3.51. The van der Waals surface area contributed by atoms with Crippen molar-refractivity contribution >= 4 is 70.9 Å². The van der Waals surface area contributed by atoms with Gasteiger partial charge in [-0.05, 0) is 95.1 Å². The van der Waals surface area contributed by atoms with Crippen LogP contribution >= 0.6 is 0 Å². The molecule has 1 heterocycles. The first kappa shape index (κ1) is 67.5. The summed E-state index contributed by atoms with van der Waals surface area (Å²) in [5, 5.41) is 40.1. The minimum atomic E-state index is -1.79. The van der Waals surface area contributed by atoms with Crippen molar-refractivity contribution in [2.45, 2.75) is 193 Å². The number of carbonyl (C=O) groups excluding carboxylic acids is 11. The van der Waals surface area contributed by atoms with Crippen molar-refractivity contribution in [3.8, 4) is 0 Å². The average molecular weight is 1080 g/mol. The summed E-state index contributed by atoms with van der Waals surface area (Å²) < 4.78 is 0. The Morgan fingerprint density at radius 3 is 1.39 bits per heavy atom. The van der Waals surface area contributed by atoms with Crippen LogP contribution in [0, 0.1) is 17.8 Å². The molecule has 1 rings (SSSR count). The number of hydrogen-bond acceptors (Lipinski definition) is 15. The van der Waals surface area contributed by atoms with Crippen molar-refractivity contribution in [3.05, 3.63) is 0 Å². The van der Waals surface area contributed by atoms with Gasteiger partial charge in [-0.25, -0.2) is 0 Å². The second kappa shape index (κ2) is 35.0. The Labute approximate surface area is 444 Å². The smallest absolute Gasteiger partial charge is 0.303 e. The van der Waals surface area contributed by atoms with Gasteiger partial charge in [-0.2, -0.15) is 0 Å². The highest BCUT2D eigenvalue weighted by atomic mass is 16.4. The number of nitrogens with two attached hydrogens (primary N) is 4. The molecule has 1 aliphatic heterocycles. The van der Waals surface area contributed by atoms with E-state index in [1.807, 2.05) is 0 Å². The maximum absolute atomic E-state index is 14.1. The molecule has 1 aliphatic rings. The van der Waals surface area contributed by atoms with E-state index in [1.54, 1.807) is 41.5 Å². The van der Waals surface area contributed by atoms with E-state index >= 15 is 0 Å². The number of rotatable bonds is 37. The van der Waals surface area contributed by atoms with Crippen LogP contribution in [0.25, 0.3) is 0 Å². The van der Waals surface area contributed by atoms with E-state index in [-0.39, 0.29) is 24.7 Å². The van der Waals surface area contributed by atoms with Gasteiger partial charge in [-0.3, -0.25) is 57.5 Å². The molecule has 1 saturated heterocycles. The Balaban J connectivity index is 3.43. The highest BCUT2D eigenvalue weighted by molar-refractivity contribution is 5.99. The Kier molecular flexibility index (Phi) is 31.1.